The summed E-state index contributed by atoms with van der Waals surface area (Å²) in [7, 11) is 1.74. The van der Waals surface area contributed by atoms with Gasteiger partial charge in [0.05, 0.1) is 6.54 Å². The predicted molar refractivity (Wildman–Crippen MR) is 118 cm³/mol. The number of carbonyl (C=O) groups is 2. The second kappa shape index (κ2) is 9.96. The van der Waals surface area contributed by atoms with E-state index in [4.69, 9.17) is 4.74 Å². The molecule has 158 valence electrons. The smallest absolute Gasteiger partial charge is 0.245 e. The molecular formula is C24H29N3O3. The molecule has 1 heterocycles. The van der Waals surface area contributed by atoms with E-state index in [1.54, 1.807) is 11.9 Å². The molecule has 0 aliphatic rings. The van der Waals surface area contributed by atoms with Crippen molar-refractivity contribution in [3.05, 3.63) is 66.4 Å². The minimum Gasteiger partial charge on any atom is -0.492 e. The molecule has 3 aromatic rings. The number of benzene rings is 2. The number of aromatic nitrogens is 1. The molecule has 0 fully saturated rings. The van der Waals surface area contributed by atoms with Crippen LogP contribution in [0.25, 0.3) is 10.9 Å². The zero-order chi connectivity index (χ0) is 21.5. The number of hydrogen-bond donors (Lipinski definition) is 2. The van der Waals surface area contributed by atoms with Gasteiger partial charge in [-0.3, -0.25) is 9.59 Å². The van der Waals surface area contributed by atoms with Crippen molar-refractivity contribution in [3.63, 3.8) is 0 Å². The molecule has 6 nitrogen and oxygen atoms in total. The SMILES string of the molecule is CC(C)C(=O)NC(Cc1c[nH]c2ccccc12)C(=O)N(C)CCOc1ccccc1. The van der Waals surface area contributed by atoms with Gasteiger partial charge in [0.2, 0.25) is 11.8 Å². The molecule has 0 aliphatic carbocycles. The Morgan fingerprint density at radius 2 is 1.77 bits per heavy atom. The zero-order valence-corrected chi connectivity index (χ0v) is 17.7. The van der Waals surface area contributed by atoms with E-state index in [0.717, 1.165) is 22.2 Å². The van der Waals surface area contributed by atoms with Gasteiger partial charge < -0.3 is 19.9 Å². The van der Waals surface area contributed by atoms with Crippen LogP contribution in [-0.4, -0.2) is 47.9 Å². The van der Waals surface area contributed by atoms with Gasteiger partial charge in [-0.2, -0.15) is 0 Å². The van der Waals surface area contributed by atoms with Crippen molar-refractivity contribution in [2.75, 3.05) is 20.2 Å². The molecule has 2 aromatic carbocycles. The topological polar surface area (TPSA) is 74.4 Å². The molecular weight excluding hydrogens is 378 g/mol. The van der Waals surface area contributed by atoms with Crippen molar-refractivity contribution in [3.8, 4) is 5.75 Å². The number of aromatic amines is 1. The lowest BCUT2D eigenvalue weighted by molar-refractivity contribution is -0.136. The summed E-state index contributed by atoms with van der Waals surface area (Å²) in [6, 6.07) is 16.8. The van der Waals surface area contributed by atoms with E-state index in [1.165, 1.54) is 0 Å². The van der Waals surface area contributed by atoms with Crippen LogP contribution in [0.4, 0.5) is 0 Å². The molecule has 2 amide bonds. The van der Waals surface area contributed by atoms with Crippen LogP contribution in [0, 0.1) is 5.92 Å². The standard InChI is InChI=1S/C24H29N3O3/c1-17(2)23(28)26-22(15-18-16-25-21-12-8-7-11-20(18)21)24(29)27(3)13-14-30-19-9-5-4-6-10-19/h4-12,16-17,22,25H,13-15H2,1-3H3,(H,26,28). The third-order valence-corrected chi connectivity index (χ3v) is 5.05. The molecule has 1 atom stereocenters. The van der Waals surface area contributed by atoms with Gasteiger partial charge in [0.25, 0.3) is 0 Å². The first-order chi connectivity index (χ1) is 14.5. The summed E-state index contributed by atoms with van der Waals surface area (Å²) in [5.41, 5.74) is 2.01. The Morgan fingerprint density at radius 1 is 1.07 bits per heavy atom. The van der Waals surface area contributed by atoms with Crippen LogP contribution in [0.2, 0.25) is 0 Å². The highest BCUT2D eigenvalue weighted by atomic mass is 16.5. The van der Waals surface area contributed by atoms with Crippen LogP contribution in [-0.2, 0) is 16.0 Å². The monoisotopic (exact) mass is 407 g/mol. The first-order valence-corrected chi connectivity index (χ1v) is 10.2. The van der Waals surface area contributed by atoms with Crippen LogP contribution in [0.5, 0.6) is 5.75 Å². The van der Waals surface area contributed by atoms with Gasteiger partial charge in [0.1, 0.15) is 18.4 Å². The minimum atomic E-state index is -0.638. The summed E-state index contributed by atoms with van der Waals surface area (Å²) in [5.74, 6) is 0.296. The Hall–Kier alpha value is -3.28. The molecule has 0 spiro atoms. The van der Waals surface area contributed by atoms with Crippen LogP contribution in [0.15, 0.2) is 60.8 Å². The molecule has 0 aliphatic heterocycles. The Morgan fingerprint density at radius 3 is 2.50 bits per heavy atom. The summed E-state index contributed by atoms with van der Waals surface area (Å²) in [6.07, 6.45) is 2.33. The summed E-state index contributed by atoms with van der Waals surface area (Å²) >= 11 is 0. The number of likely N-dealkylation sites (N-methyl/N-ethyl adjacent to an activating group) is 1. The van der Waals surface area contributed by atoms with E-state index in [0.29, 0.717) is 19.6 Å². The average molecular weight is 408 g/mol. The first kappa shape index (κ1) is 21.4. The molecule has 6 heteroatoms. The number of fused-ring (bicyclic) bond motifs is 1. The maximum Gasteiger partial charge on any atom is 0.245 e. The minimum absolute atomic E-state index is 0.133. The Labute approximate surface area is 177 Å². The second-order valence-corrected chi connectivity index (χ2v) is 7.70. The van der Waals surface area contributed by atoms with Crippen LogP contribution >= 0.6 is 0 Å². The lowest BCUT2D eigenvalue weighted by atomic mass is 10.0. The summed E-state index contributed by atoms with van der Waals surface area (Å²) in [5, 5.41) is 3.98. The normalized spacial score (nSPS) is 12.0. The van der Waals surface area contributed by atoms with Crippen molar-refractivity contribution < 1.29 is 14.3 Å². The maximum absolute atomic E-state index is 13.2. The highest BCUT2D eigenvalue weighted by molar-refractivity contribution is 5.90. The fraction of sp³-hybridized carbons (Fsp3) is 0.333. The van der Waals surface area contributed by atoms with Crippen LogP contribution in [0.1, 0.15) is 19.4 Å². The number of hydrogen-bond acceptors (Lipinski definition) is 3. The highest BCUT2D eigenvalue weighted by Crippen LogP contribution is 2.20. The number of H-pyrrole nitrogens is 1. The molecule has 30 heavy (non-hydrogen) atoms. The lowest BCUT2D eigenvalue weighted by Crippen LogP contribution is -2.50. The van der Waals surface area contributed by atoms with E-state index < -0.39 is 6.04 Å². The predicted octanol–water partition coefficient (Wildman–Crippen LogP) is 3.39. The Kier molecular flexibility index (Phi) is 7.12. The van der Waals surface area contributed by atoms with Gasteiger partial charge in [0.15, 0.2) is 0 Å². The number of carbonyl (C=O) groups excluding carboxylic acids is 2. The van der Waals surface area contributed by atoms with Gasteiger partial charge >= 0.3 is 0 Å². The van der Waals surface area contributed by atoms with E-state index in [-0.39, 0.29) is 17.7 Å². The molecule has 0 bridgehead atoms. The van der Waals surface area contributed by atoms with E-state index in [1.807, 2.05) is 74.6 Å². The van der Waals surface area contributed by atoms with E-state index in [9.17, 15) is 9.59 Å². The van der Waals surface area contributed by atoms with Crippen molar-refractivity contribution in [1.29, 1.82) is 0 Å². The van der Waals surface area contributed by atoms with Gasteiger partial charge in [-0.05, 0) is 23.8 Å². The van der Waals surface area contributed by atoms with Crippen molar-refractivity contribution in [2.45, 2.75) is 26.3 Å². The third-order valence-electron chi connectivity index (χ3n) is 5.05. The molecule has 3 rings (SSSR count). The van der Waals surface area contributed by atoms with Gasteiger partial charge in [-0.15, -0.1) is 0 Å². The highest BCUT2D eigenvalue weighted by Gasteiger charge is 2.26. The van der Waals surface area contributed by atoms with Crippen LogP contribution in [0.3, 0.4) is 0 Å². The van der Waals surface area contributed by atoms with Crippen molar-refractivity contribution >= 4 is 22.7 Å². The summed E-state index contributed by atoms with van der Waals surface area (Å²) in [6.45, 7) is 4.44. The second-order valence-electron chi connectivity index (χ2n) is 7.70. The van der Waals surface area contributed by atoms with E-state index >= 15 is 0 Å². The zero-order valence-electron chi connectivity index (χ0n) is 17.7. The molecule has 0 saturated heterocycles. The number of rotatable bonds is 9. The van der Waals surface area contributed by atoms with Gasteiger partial charge in [-0.1, -0.05) is 50.2 Å². The third kappa shape index (κ3) is 5.41. The average Bonchev–Trinajstić information content (AvgIpc) is 3.16. The fourth-order valence-electron chi connectivity index (χ4n) is 3.25. The first-order valence-electron chi connectivity index (χ1n) is 10.2. The van der Waals surface area contributed by atoms with Gasteiger partial charge in [-0.25, -0.2) is 0 Å². The number of nitrogens with zero attached hydrogens (tertiary/aromatic N) is 1. The Bertz CT molecular complexity index is 982. The van der Waals surface area contributed by atoms with Crippen molar-refractivity contribution in [2.24, 2.45) is 5.92 Å². The van der Waals surface area contributed by atoms with Crippen molar-refractivity contribution in [1.82, 2.24) is 15.2 Å². The molecule has 1 aromatic heterocycles. The number of ether oxygens (including phenoxy) is 1. The Balaban J connectivity index is 1.68. The van der Waals surface area contributed by atoms with Crippen LogP contribution < -0.4 is 10.1 Å². The molecule has 0 saturated carbocycles. The summed E-state index contributed by atoms with van der Waals surface area (Å²) in [4.78, 5) is 30.4. The number of amides is 2. The quantitative estimate of drug-likeness (QED) is 0.571. The molecule has 0 radical (unpaired) electrons. The maximum atomic E-state index is 13.2. The summed E-state index contributed by atoms with van der Waals surface area (Å²) < 4.78 is 5.70. The lowest BCUT2D eigenvalue weighted by Gasteiger charge is -2.25. The molecule has 1 unspecified atom stereocenters. The number of para-hydroxylation sites is 2. The largest absolute Gasteiger partial charge is 0.492 e. The fourth-order valence-corrected chi connectivity index (χ4v) is 3.25. The number of nitrogens with one attached hydrogen (secondary N) is 2. The van der Waals surface area contributed by atoms with Gasteiger partial charge in [0, 0.05) is 36.5 Å². The molecule has 2 N–H and O–H groups in total. The van der Waals surface area contributed by atoms with E-state index in [2.05, 4.69) is 10.3 Å².